The highest BCUT2D eigenvalue weighted by Gasteiger charge is 2.36. The number of benzene rings is 2. The number of amides is 1. The summed E-state index contributed by atoms with van der Waals surface area (Å²) in [5.41, 5.74) is 2.69. The summed E-state index contributed by atoms with van der Waals surface area (Å²) < 4.78 is 12.8. The maximum atomic E-state index is 13.1. The first kappa shape index (κ1) is 24.5. The van der Waals surface area contributed by atoms with E-state index >= 15 is 0 Å². The molecular formula is C26H26IN3O3S. The van der Waals surface area contributed by atoms with E-state index in [-0.39, 0.29) is 18.6 Å². The zero-order valence-corrected chi connectivity index (χ0v) is 21.9. The van der Waals surface area contributed by atoms with Gasteiger partial charge in [-0.05, 0) is 84.4 Å². The Morgan fingerprint density at radius 1 is 1.24 bits per heavy atom. The normalized spacial score (nSPS) is 17.6. The van der Waals surface area contributed by atoms with Crippen LogP contribution in [-0.4, -0.2) is 28.6 Å². The largest absolute Gasteiger partial charge is 0.490 e. The monoisotopic (exact) mass is 587 g/mol. The van der Waals surface area contributed by atoms with Gasteiger partial charge in [0.15, 0.2) is 16.6 Å². The molecule has 4 rings (SSSR count). The first-order valence-electron chi connectivity index (χ1n) is 11.4. The first-order chi connectivity index (χ1) is 16.5. The van der Waals surface area contributed by atoms with Crippen LogP contribution in [0.25, 0.3) is 6.08 Å². The lowest BCUT2D eigenvalue weighted by Gasteiger charge is -2.29. The van der Waals surface area contributed by atoms with Crippen molar-refractivity contribution in [3.05, 3.63) is 62.4 Å². The number of thiocarbonyl (C=S) groups is 1. The molecule has 0 spiro atoms. The number of nitrogens with one attached hydrogen (secondary N) is 1. The highest BCUT2D eigenvalue weighted by atomic mass is 127. The molecule has 0 aromatic heterocycles. The van der Waals surface area contributed by atoms with E-state index in [2.05, 4.69) is 34.0 Å². The van der Waals surface area contributed by atoms with Crippen molar-refractivity contribution >= 4 is 51.9 Å². The molecular weight excluding hydrogens is 561 g/mol. The fourth-order valence-corrected chi connectivity index (χ4v) is 5.49. The zero-order valence-electron chi connectivity index (χ0n) is 19.0. The number of halogens is 1. The van der Waals surface area contributed by atoms with E-state index in [9.17, 15) is 10.1 Å². The van der Waals surface area contributed by atoms with Crippen molar-refractivity contribution in [3.63, 3.8) is 0 Å². The van der Waals surface area contributed by atoms with Crippen LogP contribution in [0.1, 0.15) is 55.7 Å². The third-order valence-electron chi connectivity index (χ3n) is 6.00. The van der Waals surface area contributed by atoms with Gasteiger partial charge in [-0.3, -0.25) is 9.69 Å². The lowest BCUT2D eigenvalue weighted by Crippen LogP contribution is -2.41. The van der Waals surface area contributed by atoms with Crippen molar-refractivity contribution in [1.29, 1.82) is 5.26 Å². The number of ether oxygens (including phenoxy) is 2. The Hall–Kier alpha value is -2.64. The second-order valence-electron chi connectivity index (χ2n) is 8.28. The van der Waals surface area contributed by atoms with Gasteiger partial charge in [0.2, 0.25) is 0 Å². The molecule has 2 aromatic rings. The number of carbonyl (C=O) groups is 1. The molecule has 1 saturated heterocycles. The molecule has 176 valence electrons. The molecule has 1 saturated carbocycles. The molecule has 1 N–H and O–H groups in total. The van der Waals surface area contributed by atoms with Crippen molar-refractivity contribution in [2.24, 2.45) is 0 Å². The van der Waals surface area contributed by atoms with Crippen LogP contribution in [0.5, 0.6) is 11.5 Å². The Morgan fingerprint density at radius 2 is 2.00 bits per heavy atom. The lowest BCUT2D eigenvalue weighted by atomic mass is 9.94. The third-order valence-corrected chi connectivity index (χ3v) is 7.10. The van der Waals surface area contributed by atoms with Gasteiger partial charge in [0.1, 0.15) is 12.3 Å². The summed E-state index contributed by atoms with van der Waals surface area (Å²) in [6.07, 6.45) is 7.29. The summed E-state index contributed by atoms with van der Waals surface area (Å²) in [6.45, 7) is 2.64. The zero-order chi connectivity index (χ0) is 24.1. The summed E-state index contributed by atoms with van der Waals surface area (Å²) in [7, 11) is 0. The summed E-state index contributed by atoms with van der Waals surface area (Å²) >= 11 is 7.70. The average Bonchev–Trinajstić information content (AvgIpc) is 3.12. The van der Waals surface area contributed by atoms with Gasteiger partial charge in [0.25, 0.3) is 5.91 Å². The molecule has 1 aliphatic heterocycles. The van der Waals surface area contributed by atoms with Crippen molar-refractivity contribution in [1.82, 2.24) is 10.2 Å². The molecule has 6 nitrogen and oxygen atoms in total. The van der Waals surface area contributed by atoms with Gasteiger partial charge < -0.3 is 14.8 Å². The summed E-state index contributed by atoms with van der Waals surface area (Å²) in [4.78, 5) is 14.9. The lowest BCUT2D eigenvalue weighted by molar-refractivity contribution is -0.124. The maximum absolute atomic E-state index is 13.1. The van der Waals surface area contributed by atoms with Crippen LogP contribution in [0.15, 0.2) is 42.1 Å². The maximum Gasteiger partial charge on any atom is 0.276 e. The fourth-order valence-electron chi connectivity index (χ4n) is 4.37. The van der Waals surface area contributed by atoms with Crippen LogP contribution in [0.4, 0.5) is 0 Å². The van der Waals surface area contributed by atoms with Crippen molar-refractivity contribution in [2.75, 3.05) is 6.61 Å². The van der Waals surface area contributed by atoms with Gasteiger partial charge in [-0.2, -0.15) is 5.26 Å². The predicted octanol–water partition coefficient (Wildman–Crippen LogP) is 5.53. The van der Waals surface area contributed by atoms with Crippen LogP contribution >= 0.6 is 34.8 Å². The average molecular weight is 587 g/mol. The van der Waals surface area contributed by atoms with E-state index in [4.69, 9.17) is 21.7 Å². The summed E-state index contributed by atoms with van der Waals surface area (Å²) in [6, 6.07) is 13.6. The number of nitrogens with zero attached hydrogens (tertiary/aromatic N) is 2. The fraction of sp³-hybridized carbons (Fsp3) is 0.346. The molecule has 0 radical (unpaired) electrons. The van der Waals surface area contributed by atoms with Crippen LogP contribution in [0.2, 0.25) is 0 Å². The van der Waals surface area contributed by atoms with Crippen LogP contribution < -0.4 is 14.8 Å². The highest BCUT2D eigenvalue weighted by Crippen LogP contribution is 2.36. The molecule has 1 amide bonds. The SMILES string of the molecule is CCOc1cc(/C=C2\NC(=S)N(C3CCCCC3)C2=O)cc(I)c1OCc1ccccc1C#N. The summed E-state index contributed by atoms with van der Waals surface area (Å²) in [5, 5.41) is 12.9. The Bertz CT molecular complexity index is 1170. The molecule has 1 aliphatic carbocycles. The minimum absolute atomic E-state index is 0.0710. The van der Waals surface area contributed by atoms with Crippen LogP contribution in [0, 0.1) is 14.9 Å². The quantitative estimate of drug-likeness (QED) is 0.261. The van der Waals surface area contributed by atoms with E-state index in [1.807, 2.05) is 43.3 Å². The molecule has 8 heteroatoms. The molecule has 2 fully saturated rings. The Balaban J connectivity index is 1.57. The molecule has 2 aliphatic rings. The van der Waals surface area contributed by atoms with E-state index < -0.39 is 0 Å². The second-order valence-corrected chi connectivity index (χ2v) is 9.82. The van der Waals surface area contributed by atoms with Crippen LogP contribution in [0.3, 0.4) is 0 Å². The molecule has 0 bridgehead atoms. The number of rotatable bonds is 7. The Morgan fingerprint density at radius 3 is 2.74 bits per heavy atom. The second kappa shape index (κ2) is 11.2. The number of nitriles is 1. The molecule has 34 heavy (non-hydrogen) atoms. The van der Waals surface area contributed by atoms with Gasteiger partial charge in [-0.15, -0.1) is 0 Å². The summed E-state index contributed by atoms with van der Waals surface area (Å²) in [5.74, 6) is 1.13. The Labute approximate surface area is 219 Å². The van der Waals surface area contributed by atoms with E-state index in [0.29, 0.717) is 34.5 Å². The minimum atomic E-state index is -0.0710. The number of carbonyl (C=O) groups excluding carboxylic acids is 1. The van der Waals surface area contributed by atoms with Gasteiger partial charge in [-0.25, -0.2) is 0 Å². The molecule has 1 heterocycles. The van der Waals surface area contributed by atoms with E-state index in [0.717, 1.165) is 40.4 Å². The topological polar surface area (TPSA) is 74.6 Å². The molecule has 2 aromatic carbocycles. The van der Waals surface area contributed by atoms with E-state index in [1.54, 1.807) is 11.0 Å². The van der Waals surface area contributed by atoms with Gasteiger partial charge in [0.05, 0.1) is 21.8 Å². The number of hydrogen-bond donors (Lipinski definition) is 1. The predicted molar refractivity (Wildman–Crippen MR) is 143 cm³/mol. The van der Waals surface area contributed by atoms with Gasteiger partial charge >= 0.3 is 0 Å². The number of hydrogen-bond acceptors (Lipinski definition) is 5. The van der Waals surface area contributed by atoms with Gasteiger partial charge in [-0.1, -0.05) is 37.5 Å². The van der Waals surface area contributed by atoms with Crippen molar-refractivity contribution in [3.8, 4) is 17.6 Å². The smallest absolute Gasteiger partial charge is 0.276 e. The van der Waals surface area contributed by atoms with Crippen molar-refractivity contribution < 1.29 is 14.3 Å². The highest BCUT2D eigenvalue weighted by molar-refractivity contribution is 14.1. The Kier molecular flexibility index (Phi) is 8.06. The van der Waals surface area contributed by atoms with Crippen molar-refractivity contribution in [2.45, 2.75) is 51.7 Å². The third kappa shape index (κ3) is 5.36. The minimum Gasteiger partial charge on any atom is -0.490 e. The standard InChI is InChI=1S/C26H26IN3O3S/c1-2-32-23-14-17(12-21(27)24(23)33-16-19-9-7-6-8-18(19)15-28)13-22-25(31)30(26(34)29-22)20-10-4-3-5-11-20/h6-9,12-14,20H,2-5,10-11,16H2,1H3,(H,29,34)/b22-13-. The van der Waals surface area contributed by atoms with Crippen LogP contribution in [-0.2, 0) is 11.4 Å². The van der Waals surface area contributed by atoms with Gasteiger partial charge in [0, 0.05) is 11.6 Å². The molecule has 0 atom stereocenters. The molecule has 0 unspecified atom stereocenters. The first-order valence-corrected chi connectivity index (χ1v) is 12.9. The van der Waals surface area contributed by atoms with E-state index in [1.165, 1.54) is 6.42 Å².